The van der Waals surface area contributed by atoms with Crippen LogP contribution in [-0.4, -0.2) is 89.1 Å². The average molecular weight is 545 g/mol. The Bertz CT molecular complexity index is 1290. The van der Waals surface area contributed by atoms with E-state index in [2.05, 4.69) is 32.4 Å². The van der Waals surface area contributed by atoms with Gasteiger partial charge in [0.2, 0.25) is 5.82 Å². The predicted octanol–water partition coefficient (Wildman–Crippen LogP) is 3.87. The molecule has 1 aliphatic rings. The van der Waals surface area contributed by atoms with Crippen molar-refractivity contribution in [2.45, 2.75) is 26.3 Å². The highest BCUT2D eigenvalue weighted by atomic mass is 35.5. The minimum Gasteiger partial charge on any atom is -0.507 e. The zero-order valence-electron chi connectivity index (χ0n) is 22.2. The smallest absolute Gasteiger partial charge is 0.289 e. The van der Waals surface area contributed by atoms with E-state index in [4.69, 9.17) is 16.3 Å². The number of hydrogen-bond acceptors (Lipinski definition) is 7. The number of nitrogens with one attached hydrogen (secondary N) is 1. The number of carbonyl (C=O) groups is 1. The van der Waals surface area contributed by atoms with Gasteiger partial charge < -0.3 is 20.1 Å². The number of aromatic nitrogens is 3. The van der Waals surface area contributed by atoms with Gasteiger partial charge in [0.1, 0.15) is 18.2 Å². The summed E-state index contributed by atoms with van der Waals surface area (Å²) < 4.78 is 19.8. The lowest BCUT2D eigenvalue weighted by Crippen LogP contribution is -2.43. The first-order chi connectivity index (χ1) is 18.2. The second-order valence-corrected chi connectivity index (χ2v) is 10.2. The topological polar surface area (TPSA) is 95.8 Å². The standard InChI is InChI=1S/C27H34ClFN6O3/c1-17(2)20-14-21(23(36)15-24(20)38-4)25-31-32-26(27(37)30-8-7-29)35(25)19-6-5-18(22(28)13-19)16-34-11-9-33(3)10-12-34/h5-6,13-15,17,36H,7-12,16H2,1-4H3,(H,30,37). The van der Waals surface area contributed by atoms with E-state index in [9.17, 15) is 14.3 Å². The van der Waals surface area contributed by atoms with Crippen molar-refractivity contribution < 1.29 is 19.0 Å². The number of rotatable bonds is 9. The van der Waals surface area contributed by atoms with Gasteiger partial charge in [-0.1, -0.05) is 31.5 Å². The molecule has 0 atom stereocenters. The van der Waals surface area contributed by atoms with Gasteiger partial charge in [0.25, 0.3) is 5.91 Å². The summed E-state index contributed by atoms with van der Waals surface area (Å²) in [6.45, 7) is 7.78. The molecule has 204 valence electrons. The largest absolute Gasteiger partial charge is 0.507 e. The highest BCUT2D eigenvalue weighted by Crippen LogP contribution is 2.39. The van der Waals surface area contributed by atoms with Gasteiger partial charge in [-0.25, -0.2) is 4.39 Å². The molecule has 11 heteroatoms. The van der Waals surface area contributed by atoms with Gasteiger partial charge >= 0.3 is 0 Å². The molecule has 4 rings (SSSR count). The number of methoxy groups -OCH3 is 1. The van der Waals surface area contributed by atoms with Gasteiger partial charge in [0, 0.05) is 50.4 Å². The van der Waals surface area contributed by atoms with E-state index < -0.39 is 12.6 Å². The number of phenols is 1. The third-order valence-electron chi connectivity index (χ3n) is 6.74. The predicted molar refractivity (Wildman–Crippen MR) is 145 cm³/mol. The number of hydrogen-bond donors (Lipinski definition) is 2. The summed E-state index contributed by atoms with van der Waals surface area (Å²) in [5.74, 6) is 0.184. The molecule has 38 heavy (non-hydrogen) atoms. The molecule has 1 amide bonds. The Morgan fingerprint density at radius 3 is 2.55 bits per heavy atom. The summed E-state index contributed by atoms with van der Waals surface area (Å²) in [6.07, 6.45) is 0. The van der Waals surface area contributed by atoms with Gasteiger partial charge in [-0.3, -0.25) is 14.3 Å². The first-order valence-electron chi connectivity index (χ1n) is 12.6. The molecule has 2 aromatic carbocycles. The Labute approximate surface area is 227 Å². The number of piperazine rings is 1. The molecule has 0 spiro atoms. The zero-order valence-corrected chi connectivity index (χ0v) is 22.9. The first kappa shape index (κ1) is 27.8. The van der Waals surface area contributed by atoms with Crippen molar-refractivity contribution in [2.24, 2.45) is 0 Å². The van der Waals surface area contributed by atoms with Crippen molar-refractivity contribution in [2.75, 3.05) is 53.6 Å². The van der Waals surface area contributed by atoms with Gasteiger partial charge in [0.15, 0.2) is 5.82 Å². The second kappa shape index (κ2) is 12.1. The number of halogens is 2. The van der Waals surface area contributed by atoms with E-state index in [1.165, 1.54) is 10.6 Å². The van der Waals surface area contributed by atoms with E-state index in [0.29, 0.717) is 28.6 Å². The van der Waals surface area contributed by atoms with Crippen molar-refractivity contribution in [1.29, 1.82) is 0 Å². The van der Waals surface area contributed by atoms with Crippen molar-refractivity contribution >= 4 is 17.5 Å². The van der Waals surface area contributed by atoms with Crippen LogP contribution in [0.5, 0.6) is 11.5 Å². The fraction of sp³-hybridized carbons (Fsp3) is 0.444. The zero-order chi connectivity index (χ0) is 27.4. The van der Waals surface area contributed by atoms with Crippen LogP contribution < -0.4 is 10.1 Å². The molecule has 1 aliphatic heterocycles. The van der Waals surface area contributed by atoms with Crippen LogP contribution in [0, 0.1) is 0 Å². The van der Waals surface area contributed by atoms with Crippen LogP contribution in [0.15, 0.2) is 30.3 Å². The minimum atomic E-state index is -0.712. The third kappa shape index (κ3) is 5.92. The monoisotopic (exact) mass is 544 g/mol. The van der Waals surface area contributed by atoms with Gasteiger partial charge in [0.05, 0.1) is 18.4 Å². The maximum atomic E-state index is 12.9. The van der Waals surface area contributed by atoms with E-state index in [0.717, 1.165) is 37.3 Å². The fourth-order valence-electron chi connectivity index (χ4n) is 4.53. The number of amides is 1. The van der Waals surface area contributed by atoms with E-state index in [-0.39, 0.29) is 29.9 Å². The van der Waals surface area contributed by atoms with Crippen LogP contribution in [0.25, 0.3) is 17.1 Å². The SMILES string of the molecule is COc1cc(O)c(-c2nnc(C(=O)NCCF)n2-c2ccc(CN3CCN(C)CC3)c(Cl)c2)cc1C(C)C. The Hall–Kier alpha value is -3.21. The molecule has 1 fully saturated rings. The van der Waals surface area contributed by atoms with Gasteiger partial charge in [-0.05, 0) is 42.3 Å². The van der Waals surface area contributed by atoms with Crippen molar-refractivity contribution in [3.63, 3.8) is 0 Å². The molecule has 0 bridgehead atoms. The van der Waals surface area contributed by atoms with E-state index in [1.807, 2.05) is 26.0 Å². The molecule has 3 aromatic rings. The van der Waals surface area contributed by atoms with Crippen LogP contribution in [0.2, 0.25) is 5.02 Å². The Kier molecular flexibility index (Phi) is 8.86. The Morgan fingerprint density at radius 1 is 1.18 bits per heavy atom. The highest BCUT2D eigenvalue weighted by molar-refractivity contribution is 6.31. The fourth-order valence-corrected chi connectivity index (χ4v) is 4.77. The van der Waals surface area contributed by atoms with E-state index >= 15 is 0 Å². The first-order valence-corrected chi connectivity index (χ1v) is 13.0. The summed E-state index contributed by atoms with van der Waals surface area (Å²) in [6, 6.07) is 8.84. The van der Waals surface area contributed by atoms with Crippen LogP contribution in [0.1, 0.15) is 41.5 Å². The number of benzene rings is 2. The molecule has 1 aromatic heterocycles. The number of likely N-dealkylation sites (N-methyl/N-ethyl adjacent to an activating group) is 1. The van der Waals surface area contributed by atoms with Crippen molar-refractivity contribution in [3.05, 3.63) is 52.3 Å². The van der Waals surface area contributed by atoms with Gasteiger partial charge in [-0.2, -0.15) is 0 Å². The van der Waals surface area contributed by atoms with Crippen molar-refractivity contribution in [3.8, 4) is 28.6 Å². The molecule has 2 N–H and O–H groups in total. The molecular formula is C27H34ClFN6O3. The molecule has 0 radical (unpaired) electrons. The molecule has 0 aliphatic carbocycles. The molecule has 0 saturated carbocycles. The van der Waals surface area contributed by atoms with Crippen LogP contribution in [0.3, 0.4) is 0 Å². The number of ether oxygens (including phenoxy) is 1. The summed E-state index contributed by atoms with van der Waals surface area (Å²) in [4.78, 5) is 17.6. The summed E-state index contributed by atoms with van der Waals surface area (Å²) in [5, 5.41) is 22.3. The van der Waals surface area contributed by atoms with Crippen LogP contribution in [0.4, 0.5) is 4.39 Å². The van der Waals surface area contributed by atoms with Crippen molar-refractivity contribution in [1.82, 2.24) is 29.9 Å². The summed E-state index contributed by atoms with van der Waals surface area (Å²) in [5.41, 5.74) is 2.75. The Morgan fingerprint density at radius 2 is 1.92 bits per heavy atom. The highest BCUT2D eigenvalue weighted by Gasteiger charge is 2.25. The number of carbonyl (C=O) groups excluding carboxylic acids is 1. The molecule has 9 nitrogen and oxygen atoms in total. The molecule has 2 heterocycles. The average Bonchev–Trinajstić information content (AvgIpc) is 3.34. The normalized spacial score (nSPS) is 14.7. The lowest BCUT2D eigenvalue weighted by Gasteiger charge is -2.32. The number of alkyl halides is 1. The molecular weight excluding hydrogens is 511 g/mol. The molecule has 0 unspecified atom stereocenters. The minimum absolute atomic E-state index is 0.0438. The maximum absolute atomic E-state index is 12.9. The quantitative estimate of drug-likeness (QED) is 0.422. The molecule has 1 saturated heterocycles. The summed E-state index contributed by atoms with van der Waals surface area (Å²) in [7, 11) is 3.66. The van der Waals surface area contributed by atoms with Crippen LogP contribution in [-0.2, 0) is 6.54 Å². The lowest BCUT2D eigenvalue weighted by molar-refractivity contribution is 0.0938. The lowest BCUT2D eigenvalue weighted by atomic mass is 9.98. The number of aromatic hydroxyl groups is 1. The third-order valence-corrected chi connectivity index (χ3v) is 7.09. The second-order valence-electron chi connectivity index (χ2n) is 9.75. The van der Waals surface area contributed by atoms with Gasteiger partial charge in [-0.15, -0.1) is 10.2 Å². The van der Waals surface area contributed by atoms with Crippen LogP contribution >= 0.6 is 11.6 Å². The van der Waals surface area contributed by atoms with E-state index in [1.54, 1.807) is 19.2 Å². The summed E-state index contributed by atoms with van der Waals surface area (Å²) >= 11 is 6.74. The number of phenolic OH excluding ortho intramolecular Hbond substituents is 1. The number of nitrogens with zero attached hydrogens (tertiary/aromatic N) is 5. The maximum Gasteiger partial charge on any atom is 0.289 e. The Balaban J connectivity index is 1.78.